The molecule has 0 amide bonds. The molecule has 90 valence electrons. The van der Waals surface area contributed by atoms with Gasteiger partial charge in [-0.2, -0.15) is 0 Å². The number of rotatable bonds is 0. The number of hydrogen-bond acceptors (Lipinski definition) is 2. The van der Waals surface area contributed by atoms with E-state index in [0.717, 1.165) is 24.8 Å². The summed E-state index contributed by atoms with van der Waals surface area (Å²) >= 11 is 0. The lowest BCUT2D eigenvalue weighted by Gasteiger charge is -2.51. The topological polar surface area (TPSA) is 37.3 Å². The largest absolute Gasteiger partial charge is 0.389 e. The van der Waals surface area contributed by atoms with E-state index >= 15 is 0 Å². The summed E-state index contributed by atoms with van der Waals surface area (Å²) < 4.78 is 0. The highest BCUT2D eigenvalue weighted by Gasteiger charge is 2.49. The molecule has 0 unspecified atom stereocenters. The molecular formula is C14H22O2. The second kappa shape index (κ2) is 3.99. The van der Waals surface area contributed by atoms with Crippen LogP contribution >= 0.6 is 0 Å². The summed E-state index contributed by atoms with van der Waals surface area (Å²) in [6.45, 7) is 8.43. The smallest absolute Gasteiger partial charge is 0.136 e. The molecule has 0 spiro atoms. The standard InChI is InChI=1S/C14H22O2/c1-9-4-5-11-10(8-14(11,2)3)13(16)7-6-12(9)15/h10-12,15H,1,4-8H2,2-3H3/t10-,11-,12+/m1/s1. The lowest BCUT2D eigenvalue weighted by Crippen LogP contribution is -2.47. The summed E-state index contributed by atoms with van der Waals surface area (Å²) in [5.74, 6) is 1.12. The van der Waals surface area contributed by atoms with Crippen LogP contribution in [0.5, 0.6) is 0 Å². The van der Waals surface area contributed by atoms with Crippen molar-refractivity contribution in [1.29, 1.82) is 0 Å². The first-order valence-electron chi connectivity index (χ1n) is 6.30. The fourth-order valence-electron chi connectivity index (χ4n) is 3.35. The fraction of sp³-hybridized carbons (Fsp3) is 0.786. The SMILES string of the molecule is C=C1CC[C@@H]2[C@@H](CC2(C)C)C(=O)CC[C@@H]1O. The second-order valence-corrected chi connectivity index (χ2v) is 6.12. The van der Waals surface area contributed by atoms with Crippen LogP contribution in [-0.2, 0) is 4.79 Å². The average molecular weight is 222 g/mol. The molecule has 16 heavy (non-hydrogen) atoms. The van der Waals surface area contributed by atoms with Crippen LogP contribution < -0.4 is 0 Å². The third-order valence-electron chi connectivity index (χ3n) is 4.56. The molecule has 0 aliphatic heterocycles. The van der Waals surface area contributed by atoms with Gasteiger partial charge in [0.25, 0.3) is 0 Å². The van der Waals surface area contributed by atoms with E-state index in [2.05, 4.69) is 20.4 Å². The fourth-order valence-corrected chi connectivity index (χ4v) is 3.35. The van der Waals surface area contributed by atoms with E-state index in [1.807, 2.05) is 0 Å². The maximum absolute atomic E-state index is 12.0. The van der Waals surface area contributed by atoms with E-state index in [4.69, 9.17) is 0 Å². The second-order valence-electron chi connectivity index (χ2n) is 6.12. The predicted octanol–water partition coefficient (Wildman–Crippen LogP) is 2.71. The number of aliphatic hydroxyl groups excluding tert-OH is 1. The van der Waals surface area contributed by atoms with Gasteiger partial charge in [0.15, 0.2) is 0 Å². The van der Waals surface area contributed by atoms with Crippen LogP contribution in [0, 0.1) is 17.3 Å². The van der Waals surface area contributed by atoms with Gasteiger partial charge in [0.05, 0.1) is 6.10 Å². The van der Waals surface area contributed by atoms with Crippen LogP contribution in [0.1, 0.15) is 46.0 Å². The molecular weight excluding hydrogens is 200 g/mol. The van der Waals surface area contributed by atoms with Crippen molar-refractivity contribution in [3.63, 3.8) is 0 Å². The van der Waals surface area contributed by atoms with Gasteiger partial charge in [-0.25, -0.2) is 0 Å². The number of Topliss-reactive ketones (excluding diaryl/α,β-unsaturated/α-hetero) is 1. The van der Waals surface area contributed by atoms with Gasteiger partial charge >= 0.3 is 0 Å². The van der Waals surface area contributed by atoms with Crippen LogP contribution in [-0.4, -0.2) is 17.0 Å². The quantitative estimate of drug-likeness (QED) is 0.640. The number of ketones is 1. The van der Waals surface area contributed by atoms with Gasteiger partial charge in [-0.3, -0.25) is 4.79 Å². The van der Waals surface area contributed by atoms with Gasteiger partial charge in [-0.1, -0.05) is 20.4 Å². The Hall–Kier alpha value is -0.630. The molecule has 1 N–H and O–H groups in total. The maximum atomic E-state index is 12.0. The third-order valence-corrected chi connectivity index (χ3v) is 4.56. The van der Waals surface area contributed by atoms with Gasteiger partial charge in [-0.15, -0.1) is 0 Å². The maximum Gasteiger partial charge on any atom is 0.136 e. The van der Waals surface area contributed by atoms with Crippen LogP contribution in [0.25, 0.3) is 0 Å². The Morgan fingerprint density at radius 1 is 1.31 bits per heavy atom. The molecule has 2 saturated carbocycles. The van der Waals surface area contributed by atoms with Crippen molar-refractivity contribution in [3.8, 4) is 0 Å². The van der Waals surface area contributed by atoms with Crippen LogP contribution in [0.4, 0.5) is 0 Å². The number of carbonyl (C=O) groups is 1. The summed E-state index contributed by atoms with van der Waals surface area (Å²) in [5.41, 5.74) is 1.21. The molecule has 0 aromatic carbocycles. The Morgan fingerprint density at radius 2 is 2.00 bits per heavy atom. The van der Waals surface area contributed by atoms with Crippen LogP contribution in [0.3, 0.4) is 0 Å². The number of fused-ring (bicyclic) bond motifs is 1. The summed E-state index contributed by atoms with van der Waals surface area (Å²) in [5, 5.41) is 9.80. The van der Waals surface area contributed by atoms with Gasteiger partial charge in [0.2, 0.25) is 0 Å². The van der Waals surface area contributed by atoms with Gasteiger partial charge in [0.1, 0.15) is 5.78 Å². The Kier molecular flexibility index (Phi) is 2.95. The molecule has 2 heteroatoms. The first kappa shape index (κ1) is 11.8. The van der Waals surface area contributed by atoms with E-state index in [9.17, 15) is 9.90 Å². The van der Waals surface area contributed by atoms with E-state index in [0.29, 0.717) is 30.0 Å². The van der Waals surface area contributed by atoms with E-state index in [-0.39, 0.29) is 5.92 Å². The van der Waals surface area contributed by atoms with Crippen molar-refractivity contribution < 1.29 is 9.90 Å². The first-order chi connectivity index (χ1) is 7.42. The monoisotopic (exact) mass is 222 g/mol. The van der Waals surface area contributed by atoms with Crippen molar-refractivity contribution in [2.24, 2.45) is 17.3 Å². The highest BCUT2D eigenvalue weighted by molar-refractivity contribution is 5.82. The lowest BCUT2D eigenvalue weighted by atomic mass is 9.53. The molecule has 2 rings (SSSR count). The van der Waals surface area contributed by atoms with Gasteiger partial charge < -0.3 is 5.11 Å². The summed E-state index contributed by atoms with van der Waals surface area (Å²) in [7, 11) is 0. The Labute approximate surface area is 97.7 Å². The number of hydrogen-bond donors (Lipinski definition) is 1. The van der Waals surface area contributed by atoms with Crippen molar-refractivity contribution in [1.82, 2.24) is 0 Å². The molecule has 2 fully saturated rings. The molecule has 0 bridgehead atoms. The minimum absolute atomic E-state index is 0.257. The van der Waals surface area contributed by atoms with Gasteiger partial charge in [-0.05, 0) is 42.6 Å². The summed E-state index contributed by atoms with van der Waals surface area (Å²) in [6.07, 6.45) is 3.54. The van der Waals surface area contributed by atoms with Crippen molar-refractivity contribution >= 4 is 5.78 Å². The molecule has 2 nitrogen and oxygen atoms in total. The summed E-state index contributed by atoms with van der Waals surface area (Å²) in [4.78, 5) is 12.0. The van der Waals surface area contributed by atoms with Gasteiger partial charge in [0, 0.05) is 12.3 Å². The van der Waals surface area contributed by atoms with Crippen molar-refractivity contribution in [2.45, 2.75) is 52.1 Å². The third kappa shape index (κ3) is 1.95. The van der Waals surface area contributed by atoms with E-state index < -0.39 is 6.10 Å². The zero-order chi connectivity index (χ0) is 11.9. The minimum atomic E-state index is -0.468. The highest BCUT2D eigenvalue weighted by atomic mass is 16.3. The minimum Gasteiger partial charge on any atom is -0.389 e. The number of carbonyl (C=O) groups excluding carboxylic acids is 1. The molecule has 0 aromatic rings. The predicted molar refractivity (Wildman–Crippen MR) is 64.0 cm³/mol. The average Bonchev–Trinajstić information content (AvgIpc) is 2.24. The van der Waals surface area contributed by atoms with Crippen LogP contribution in [0.15, 0.2) is 12.2 Å². The molecule has 3 atom stereocenters. The Balaban J connectivity index is 2.12. The molecule has 0 radical (unpaired) electrons. The molecule has 0 aromatic heterocycles. The van der Waals surface area contributed by atoms with Crippen molar-refractivity contribution in [2.75, 3.05) is 0 Å². The number of aliphatic hydroxyl groups is 1. The first-order valence-corrected chi connectivity index (χ1v) is 6.30. The molecule has 0 heterocycles. The zero-order valence-electron chi connectivity index (χ0n) is 10.3. The Morgan fingerprint density at radius 3 is 2.62 bits per heavy atom. The molecule has 2 aliphatic carbocycles. The molecule has 2 aliphatic rings. The van der Waals surface area contributed by atoms with Crippen LogP contribution in [0.2, 0.25) is 0 Å². The molecule has 0 saturated heterocycles. The van der Waals surface area contributed by atoms with E-state index in [1.165, 1.54) is 0 Å². The summed E-state index contributed by atoms with van der Waals surface area (Å²) in [6, 6.07) is 0. The normalized spacial score (nSPS) is 39.1. The lowest BCUT2D eigenvalue weighted by molar-refractivity contribution is -0.137. The Bertz CT molecular complexity index is 317. The van der Waals surface area contributed by atoms with Crippen molar-refractivity contribution in [3.05, 3.63) is 12.2 Å². The highest BCUT2D eigenvalue weighted by Crippen LogP contribution is 2.54. The van der Waals surface area contributed by atoms with E-state index in [1.54, 1.807) is 0 Å². The zero-order valence-corrected chi connectivity index (χ0v) is 10.3.